The van der Waals surface area contributed by atoms with Crippen LogP contribution >= 0.6 is 11.6 Å². The Hall–Kier alpha value is -2.86. The second kappa shape index (κ2) is 11.2. The molecule has 0 radical (unpaired) electrons. The molecule has 29 heavy (non-hydrogen) atoms. The van der Waals surface area contributed by atoms with E-state index < -0.39 is 18.0 Å². The molecule has 2 rings (SSSR count). The van der Waals surface area contributed by atoms with Gasteiger partial charge in [-0.3, -0.25) is 9.59 Å². The molecule has 0 aromatic heterocycles. The van der Waals surface area contributed by atoms with Crippen molar-refractivity contribution in [3.63, 3.8) is 0 Å². The van der Waals surface area contributed by atoms with Gasteiger partial charge < -0.3 is 15.8 Å². The van der Waals surface area contributed by atoms with Crippen LogP contribution in [0.1, 0.15) is 53.7 Å². The second-order valence-electron chi connectivity index (χ2n) is 6.70. The summed E-state index contributed by atoms with van der Waals surface area (Å²) in [5.74, 6) is -0.905. The maximum Gasteiger partial charge on any atom is 0.312 e. The molecule has 0 unspecified atom stereocenters. The summed E-state index contributed by atoms with van der Waals surface area (Å²) in [5.41, 5.74) is 7.51. The van der Waals surface area contributed by atoms with Crippen LogP contribution < -0.4 is 11.1 Å². The van der Waals surface area contributed by atoms with Crippen molar-refractivity contribution in [3.05, 3.63) is 70.2 Å². The lowest BCUT2D eigenvalue weighted by Gasteiger charge is -2.17. The minimum absolute atomic E-state index is 0.159. The number of unbranched alkanes of at least 4 members (excludes halogenated alkanes) is 1. The lowest BCUT2D eigenvalue weighted by Crippen LogP contribution is -2.34. The number of aryl methyl sites for hydroxylation is 1. The molecule has 6 nitrogen and oxygen atoms in total. The van der Waals surface area contributed by atoms with Crippen molar-refractivity contribution in [2.75, 3.05) is 6.61 Å². The number of urea groups is 1. The molecular formula is C22H25ClN2O4. The average Bonchev–Trinajstić information content (AvgIpc) is 2.70. The van der Waals surface area contributed by atoms with Crippen molar-refractivity contribution in [2.24, 2.45) is 5.73 Å². The van der Waals surface area contributed by atoms with Gasteiger partial charge in [0.1, 0.15) is 0 Å². The molecule has 0 saturated heterocycles. The first-order chi connectivity index (χ1) is 13.9. The number of nitrogens with one attached hydrogen (secondary N) is 1. The Bertz CT molecular complexity index is 835. The van der Waals surface area contributed by atoms with Gasteiger partial charge in [0, 0.05) is 10.6 Å². The van der Waals surface area contributed by atoms with Gasteiger partial charge in [0.15, 0.2) is 12.4 Å². The lowest BCUT2D eigenvalue weighted by atomic mass is 10.0. The van der Waals surface area contributed by atoms with Gasteiger partial charge in [0.2, 0.25) is 0 Å². The molecule has 2 aromatic rings. The molecule has 154 valence electrons. The Morgan fingerprint density at radius 3 is 2.31 bits per heavy atom. The Labute approximate surface area is 175 Å². The molecule has 3 N–H and O–H groups in total. The average molecular weight is 417 g/mol. The summed E-state index contributed by atoms with van der Waals surface area (Å²) in [4.78, 5) is 35.7. The van der Waals surface area contributed by atoms with Crippen molar-refractivity contribution >= 4 is 29.4 Å². The fourth-order valence-electron chi connectivity index (χ4n) is 2.81. The van der Waals surface area contributed by atoms with E-state index in [4.69, 9.17) is 22.1 Å². The predicted molar refractivity (Wildman–Crippen MR) is 112 cm³/mol. The molecule has 1 atom stereocenters. The standard InChI is InChI=1S/C22H25ClN2O4/c1-2-3-4-15-5-7-17(8-6-15)20(26)14-29-21(27)13-19(25-22(24)28)16-9-11-18(23)12-10-16/h5-12,19H,2-4,13-14H2,1H3,(H3,24,25,28)/t19-/m0/s1. The number of esters is 1. The monoisotopic (exact) mass is 416 g/mol. The van der Waals surface area contributed by atoms with Crippen molar-refractivity contribution in [1.82, 2.24) is 5.32 Å². The van der Waals surface area contributed by atoms with Gasteiger partial charge in [0.25, 0.3) is 0 Å². The van der Waals surface area contributed by atoms with Crippen LogP contribution in [0.15, 0.2) is 48.5 Å². The number of amides is 2. The fourth-order valence-corrected chi connectivity index (χ4v) is 2.94. The largest absolute Gasteiger partial charge is 0.457 e. The third-order valence-corrected chi connectivity index (χ3v) is 4.67. The van der Waals surface area contributed by atoms with E-state index in [-0.39, 0.29) is 18.8 Å². The third-order valence-electron chi connectivity index (χ3n) is 4.42. The van der Waals surface area contributed by atoms with Crippen LogP contribution in [-0.4, -0.2) is 24.4 Å². The van der Waals surface area contributed by atoms with Crippen LogP contribution in [0.25, 0.3) is 0 Å². The van der Waals surface area contributed by atoms with E-state index in [9.17, 15) is 14.4 Å². The molecule has 0 bridgehead atoms. The van der Waals surface area contributed by atoms with Crippen molar-refractivity contribution in [2.45, 2.75) is 38.6 Å². The number of hydrogen-bond donors (Lipinski definition) is 2. The van der Waals surface area contributed by atoms with Gasteiger partial charge >= 0.3 is 12.0 Å². The maximum absolute atomic E-state index is 12.3. The van der Waals surface area contributed by atoms with Crippen LogP contribution in [0.4, 0.5) is 4.79 Å². The maximum atomic E-state index is 12.3. The molecule has 0 saturated carbocycles. The number of ether oxygens (including phenoxy) is 1. The molecule has 0 aliphatic carbocycles. The minimum atomic E-state index is -0.767. The predicted octanol–water partition coefficient (Wildman–Crippen LogP) is 4.21. The van der Waals surface area contributed by atoms with E-state index in [0.29, 0.717) is 16.1 Å². The second-order valence-corrected chi connectivity index (χ2v) is 7.14. The van der Waals surface area contributed by atoms with E-state index >= 15 is 0 Å². The highest BCUT2D eigenvalue weighted by atomic mass is 35.5. The van der Waals surface area contributed by atoms with Gasteiger partial charge in [-0.2, -0.15) is 0 Å². The summed E-state index contributed by atoms with van der Waals surface area (Å²) >= 11 is 5.86. The number of ketones is 1. The van der Waals surface area contributed by atoms with Gasteiger partial charge in [-0.1, -0.05) is 61.3 Å². The smallest absolute Gasteiger partial charge is 0.312 e. The Morgan fingerprint density at radius 2 is 1.72 bits per heavy atom. The van der Waals surface area contributed by atoms with E-state index in [0.717, 1.165) is 19.3 Å². The molecular weight excluding hydrogens is 392 g/mol. The highest BCUT2D eigenvalue weighted by molar-refractivity contribution is 6.30. The van der Waals surface area contributed by atoms with E-state index in [1.54, 1.807) is 36.4 Å². The minimum Gasteiger partial charge on any atom is -0.457 e. The van der Waals surface area contributed by atoms with Gasteiger partial charge in [-0.05, 0) is 36.1 Å². The molecule has 0 heterocycles. The van der Waals surface area contributed by atoms with Crippen LogP contribution in [0.2, 0.25) is 5.02 Å². The van der Waals surface area contributed by atoms with E-state index in [1.165, 1.54) is 5.56 Å². The SMILES string of the molecule is CCCCc1ccc(C(=O)COC(=O)C[C@H](NC(N)=O)c2ccc(Cl)cc2)cc1. The Morgan fingerprint density at radius 1 is 1.07 bits per heavy atom. The highest BCUT2D eigenvalue weighted by Crippen LogP contribution is 2.20. The first kappa shape index (κ1) is 22.4. The number of carbonyl (C=O) groups excluding carboxylic acids is 3. The number of nitrogens with two attached hydrogens (primary N) is 1. The number of hydrogen-bond acceptors (Lipinski definition) is 4. The van der Waals surface area contributed by atoms with Gasteiger partial charge in [-0.15, -0.1) is 0 Å². The molecule has 7 heteroatoms. The van der Waals surface area contributed by atoms with Gasteiger partial charge in [0.05, 0.1) is 12.5 Å². The van der Waals surface area contributed by atoms with Crippen molar-refractivity contribution in [3.8, 4) is 0 Å². The van der Waals surface area contributed by atoms with Crippen LogP contribution in [0, 0.1) is 0 Å². The topological polar surface area (TPSA) is 98.5 Å². The number of rotatable bonds is 10. The summed E-state index contributed by atoms with van der Waals surface area (Å²) in [7, 11) is 0. The van der Waals surface area contributed by atoms with Crippen LogP contribution in [-0.2, 0) is 16.0 Å². The molecule has 2 amide bonds. The summed E-state index contributed by atoms with van der Waals surface area (Å²) in [5, 5.41) is 3.03. The van der Waals surface area contributed by atoms with E-state index in [1.807, 2.05) is 12.1 Å². The third kappa shape index (κ3) is 7.58. The Kier molecular flexibility index (Phi) is 8.68. The summed E-state index contributed by atoms with van der Waals surface area (Å²) in [6, 6.07) is 12.5. The fraction of sp³-hybridized carbons (Fsp3) is 0.318. The van der Waals surface area contributed by atoms with Crippen LogP contribution in [0.5, 0.6) is 0 Å². The zero-order valence-electron chi connectivity index (χ0n) is 16.3. The lowest BCUT2D eigenvalue weighted by molar-refractivity contribution is -0.143. The molecule has 0 aliphatic heterocycles. The Balaban J connectivity index is 1.91. The summed E-state index contributed by atoms with van der Waals surface area (Å²) in [6.45, 7) is 1.76. The quantitative estimate of drug-likeness (QED) is 0.447. The first-order valence-electron chi connectivity index (χ1n) is 9.48. The van der Waals surface area contributed by atoms with Gasteiger partial charge in [-0.25, -0.2) is 4.79 Å². The molecule has 0 fully saturated rings. The number of benzene rings is 2. The number of Topliss-reactive ketones (excluding diaryl/α,β-unsaturated/α-hetero) is 1. The van der Waals surface area contributed by atoms with Crippen LogP contribution in [0.3, 0.4) is 0 Å². The number of halogens is 1. The van der Waals surface area contributed by atoms with Crippen molar-refractivity contribution < 1.29 is 19.1 Å². The van der Waals surface area contributed by atoms with E-state index in [2.05, 4.69) is 12.2 Å². The molecule has 0 spiro atoms. The molecule has 2 aromatic carbocycles. The summed E-state index contributed by atoms with van der Waals surface area (Å²) < 4.78 is 5.10. The zero-order chi connectivity index (χ0) is 21.2. The molecule has 0 aliphatic rings. The number of carbonyl (C=O) groups is 3. The first-order valence-corrected chi connectivity index (χ1v) is 9.86. The summed E-state index contributed by atoms with van der Waals surface area (Å²) in [6.07, 6.45) is 3.02. The highest BCUT2D eigenvalue weighted by Gasteiger charge is 2.19. The zero-order valence-corrected chi connectivity index (χ0v) is 17.1. The number of primary amides is 1. The van der Waals surface area contributed by atoms with Crippen molar-refractivity contribution in [1.29, 1.82) is 0 Å². The normalized spacial score (nSPS) is 11.5.